The summed E-state index contributed by atoms with van der Waals surface area (Å²) in [4.78, 5) is 8.55. The van der Waals surface area contributed by atoms with Gasteiger partial charge in [-0.3, -0.25) is 14.5 Å². The monoisotopic (exact) mass is 352 g/mol. The number of hydrogen-bond acceptors (Lipinski definition) is 7. The predicted molar refractivity (Wildman–Crippen MR) is 88.3 cm³/mol. The van der Waals surface area contributed by atoms with Gasteiger partial charge < -0.3 is 9.26 Å². The molecule has 0 saturated carbocycles. The standard InChI is InChI=1S/C16H25FN6O2/c1-21(10-16-19-15(11-24-3)20-25-16)8-14-6-12(17)7-23(14)9-13-4-5-18-22(13)2/h4-5,12,14H,6-11H2,1-3H3/t12-,14-/m0/s1. The van der Waals surface area contributed by atoms with E-state index in [4.69, 9.17) is 9.26 Å². The zero-order chi connectivity index (χ0) is 17.8. The van der Waals surface area contributed by atoms with E-state index in [9.17, 15) is 4.39 Å². The molecule has 0 N–H and O–H groups in total. The maximum Gasteiger partial charge on any atom is 0.240 e. The molecule has 9 heteroatoms. The summed E-state index contributed by atoms with van der Waals surface area (Å²) in [5.41, 5.74) is 1.09. The number of ether oxygens (including phenoxy) is 1. The Hall–Kier alpha value is -1.84. The van der Waals surface area contributed by atoms with Crippen molar-refractivity contribution in [1.29, 1.82) is 0 Å². The van der Waals surface area contributed by atoms with E-state index in [1.165, 1.54) is 0 Å². The maximum atomic E-state index is 14.0. The molecule has 3 heterocycles. The van der Waals surface area contributed by atoms with Gasteiger partial charge in [0.25, 0.3) is 0 Å². The van der Waals surface area contributed by atoms with Crippen molar-refractivity contribution in [3.8, 4) is 0 Å². The first-order chi connectivity index (χ1) is 12.0. The third-order valence-corrected chi connectivity index (χ3v) is 4.48. The minimum Gasteiger partial charge on any atom is -0.377 e. The number of nitrogens with zero attached hydrogens (tertiary/aromatic N) is 6. The van der Waals surface area contributed by atoms with Gasteiger partial charge in [0.2, 0.25) is 5.89 Å². The van der Waals surface area contributed by atoms with Gasteiger partial charge in [-0.1, -0.05) is 5.16 Å². The molecule has 2 aromatic rings. The fourth-order valence-electron chi connectivity index (χ4n) is 3.27. The van der Waals surface area contributed by atoms with E-state index in [0.29, 0.717) is 44.4 Å². The highest BCUT2D eigenvalue weighted by Gasteiger charge is 2.33. The first-order valence-corrected chi connectivity index (χ1v) is 8.39. The lowest BCUT2D eigenvalue weighted by atomic mass is 10.2. The van der Waals surface area contributed by atoms with Crippen LogP contribution in [0.25, 0.3) is 0 Å². The van der Waals surface area contributed by atoms with Crippen molar-refractivity contribution in [3.63, 3.8) is 0 Å². The summed E-state index contributed by atoms with van der Waals surface area (Å²) in [5.74, 6) is 1.08. The van der Waals surface area contributed by atoms with Crippen molar-refractivity contribution in [1.82, 2.24) is 29.7 Å². The van der Waals surface area contributed by atoms with Gasteiger partial charge in [0.1, 0.15) is 12.8 Å². The van der Waals surface area contributed by atoms with Crippen molar-refractivity contribution < 1.29 is 13.7 Å². The Kier molecular flexibility index (Phi) is 5.77. The van der Waals surface area contributed by atoms with E-state index in [2.05, 4.69) is 25.0 Å². The van der Waals surface area contributed by atoms with Crippen LogP contribution in [-0.2, 0) is 31.5 Å². The molecular formula is C16H25FN6O2. The number of alkyl halides is 1. The molecule has 25 heavy (non-hydrogen) atoms. The molecule has 0 spiro atoms. The Morgan fingerprint density at radius 3 is 3.04 bits per heavy atom. The van der Waals surface area contributed by atoms with E-state index in [0.717, 1.165) is 12.2 Å². The number of likely N-dealkylation sites (tertiary alicyclic amines) is 1. The van der Waals surface area contributed by atoms with Crippen molar-refractivity contribution >= 4 is 0 Å². The van der Waals surface area contributed by atoms with E-state index < -0.39 is 6.17 Å². The zero-order valence-electron chi connectivity index (χ0n) is 14.9. The molecule has 0 aromatic carbocycles. The molecule has 0 bridgehead atoms. The molecule has 1 saturated heterocycles. The molecule has 0 aliphatic carbocycles. The molecule has 0 unspecified atom stereocenters. The fourth-order valence-corrected chi connectivity index (χ4v) is 3.27. The Balaban J connectivity index is 1.56. The Labute approximate surface area is 146 Å². The van der Waals surface area contributed by atoms with Gasteiger partial charge in [-0.2, -0.15) is 10.1 Å². The molecule has 2 atom stereocenters. The SMILES string of the molecule is COCc1noc(CN(C)C[C@@H]2C[C@H](F)CN2Cc2ccnn2C)n1. The van der Waals surface area contributed by atoms with Gasteiger partial charge in [0.05, 0.1) is 12.2 Å². The molecule has 0 amide bonds. The second-order valence-corrected chi connectivity index (χ2v) is 6.60. The Morgan fingerprint density at radius 2 is 2.32 bits per heavy atom. The second-order valence-electron chi connectivity index (χ2n) is 6.60. The van der Waals surface area contributed by atoms with E-state index in [-0.39, 0.29) is 6.04 Å². The molecule has 0 radical (unpaired) electrons. The van der Waals surface area contributed by atoms with Crippen LogP contribution >= 0.6 is 0 Å². The zero-order valence-corrected chi connectivity index (χ0v) is 14.9. The first-order valence-electron chi connectivity index (χ1n) is 8.39. The lowest BCUT2D eigenvalue weighted by Gasteiger charge is -2.27. The van der Waals surface area contributed by atoms with Crippen molar-refractivity contribution in [3.05, 3.63) is 29.7 Å². The quantitative estimate of drug-likeness (QED) is 0.701. The number of halogens is 1. The van der Waals surface area contributed by atoms with Crippen LogP contribution in [0.2, 0.25) is 0 Å². The minimum absolute atomic E-state index is 0.149. The average Bonchev–Trinajstić information content (AvgIpc) is 3.24. The van der Waals surface area contributed by atoms with Crippen LogP contribution < -0.4 is 0 Å². The summed E-state index contributed by atoms with van der Waals surface area (Å²) in [6.45, 7) is 2.76. The molecule has 1 fully saturated rings. The van der Waals surface area contributed by atoms with Crippen LogP contribution in [0, 0.1) is 0 Å². The van der Waals surface area contributed by atoms with E-state index in [1.54, 1.807) is 13.3 Å². The number of methoxy groups -OCH3 is 1. The molecule has 8 nitrogen and oxygen atoms in total. The maximum absolute atomic E-state index is 14.0. The normalized spacial score (nSPS) is 21.5. The first kappa shape index (κ1) is 18.0. The van der Waals surface area contributed by atoms with Crippen molar-refractivity contribution in [2.24, 2.45) is 7.05 Å². The molecule has 2 aromatic heterocycles. The van der Waals surface area contributed by atoms with E-state index in [1.807, 2.05) is 24.8 Å². The third kappa shape index (κ3) is 4.62. The van der Waals surface area contributed by atoms with Gasteiger partial charge >= 0.3 is 0 Å². The van der Waals surface area contributed by atoms with Crippen molar-refractivity contribution in [2.75, 3.05) is 27.2 Å². The van der Waals surface area contributed by atoms with Gasteiger partial charge in [0, 0.05) is 46.0 Å². The van der Waals surface area contributed by atoms with E-state index >= 15 is 0 Å². The number of rotatable bonds is 8. The van der Waals surface area contributed by atoms with Crippen LogP contribution in [0.1, 0.15) is 23.8 Å². The lowest BCUT2D eigenvalue weighted by molar-refractivity contribution is 0.167. The molecule has 138 valence electrons. The highest BCUT2D eigenvalue weighted by atomic mass is 19.1. The number of hydrogen-bond donors (Lipinski definition) is 0. The fraction of sp³-hybridized carbons (Fsp3) is 0.688. The smallest absolute Gasteiger partial charge is 0.240 e. The molecule has 1 aliphatic heterocycles. The third-order valence-electron chi connectivity index (χ3n) is 4.48. The largest absolute Gasteiger partial charge is 0.377 e. The van der Waals surface area contributed by atoms with Gasteiger partial charge in [-0.15, -0.1) is 0 Å². The number of aryl methyl sites for hydroxylation is 1. The molecule has 3 rings (SSSR count). The van der Waals surface area contributed by atoms with Crippen LogP contribution in [-0.4, -0.2) is 69.2 Å². The van der Waals surface area contributed by atoms with Crippen LogP contribution in [0.3, 0.4) is 0 Å². The summed E-state index contributed by atoms with van der Waals surface area (Å²) >= 11 is 0. The van der Waals surface area contributed by atoms with Crippen LogP contribution in [0.4, 0.5) is 4.39 Å². The topological polar surface area (TPSA) is 72.5 Å². The average molecular weight is 352 g/mol. The number of aromatic nitrogens is 4. The lowest BCUT2D eigenvalue weighted by Crippen LogP contribution is -2.38. The summed E-state index contributed by atoms with van der Waals surface area (Å²) in [6, 6.07) is 2.12. The highest BCUT2D eigenvalue weighted by molar-refractivity contribution is 5.02. The summed E-state index contributed by atoms with van der Waals surface area (Å²) in [7, 11) is 5.48. The van der Waals surface area contributed by atoms with Crippen LogP contribution in [0.5, 0.6) is 0 Å². The summed E-state index contributed by atoms with van der Waals surface area (Å²) < 4.78 is 26.0. The van der Waals surface area contributed by atoms with Gasteiger partial charge in [-0.25, -0.2) is 4.39 Å². The van der Waals surface area contributed by atoms with Gasteiger partial charge in [-0.05, 0) is 19.5 Å². The second kappa shape index (κ2) is 8.03. The Bertz CT molecular complexity index is 675. The highest BCUT2D eigenvalue weighted by Crippen LogP contribution is 2.23. The Morgan fingerprint density at radius 1 is 1.48 bits per heavy atom. The van der Waals surface area contributed by atoms with Crippen molar-refractivity contribution in [2.45, 2.75) is 38.3 Å². The molecule has 1 aliphatic rings. The predicted octanol–water partition coefficient (Wildman–Crippen LogP) is 0.994. The summed E-state index contributed by atoms with van der Waals surface area (Å²) in [5, 5.41) is 8.04. The minimum atomic E-state index is -0.789. The number of likely N-dealkylation sites (N-methyl/N-ethyl adjacent to an activating group) is 1. The van der Waals surface area contributed by atoms with Crippen LogP contribution in [0.15, 0.2) is 16.8 Å². The van der Waals surface area contributed by atoms with Gasteiger partial charge in [0.15, 0.2) is 5.82 Å². The summed E-state index contributed by atoms with van der Waals surface area (Å²) in [6.07, 6.45) is 1.52. The molecular weight excluding hydrogens is 327 g/mol.